The van der Waals surface area contributed by atoms with Crippen LogP contribution in [0.1, 0.15) is 18.9 Å². The van der Waals surface area contributed by atoms with Gasteiger partial charge < -0.3 is 5.32 Å². The monoisotopic (exact) mass is 164 g/mol. The summed E-state index contributed by atoms with van der Waals surface area (Å²) < 4.78 is 1.99. The molecule has 2 fully saturated rings. The maximum absolute atomic E-state index is 4.15. The van der Waals surface area contributed by atoms with Gasteiger partial charge in [0.15, 0.2) is 0 Å². The molecule has 64 valence electrons. The van der Waals surface area contributed by atoms with Gasteiger partial charge in [0, 0.05) is 13.1 Å². The van der Waals surface area contributed by atoms with Crippen LogP contribution in [0.2, 0.25) is 0 Å². The van der Waals surface area contributed by atoms with Crippen LogP contribution in [-0.2, 0) is 0 Å². The molecule has 1 spiro atoms. The molecule has 3 rings (SSSR count). The van der Waals surface area contributed by atoms with Gasteiger partial charge in [-0.3, -0.25) is 0 Å². The Bertz CT molecular complexity index is 267. The molecule has 1 saturated carbocycles. The minimum atomic E-state index is 0.620. The van der Waals surface area contributed by atoms with E-state index in [2.05, 4.69) is 15.4 Å². The van der Waals surface area contributed by atoms with Gasteiger partial charge in [-0.15, -0.1) is 0 Å². The summed E-state index contributed by atoms with van der Waals surface area (Å²) >= 11 is 0. The van der Waals surface area contributed by atoms with Crippen molar-refractivity contribution < 1.29 is 0 Å². The number of hydrogen-bond donors (Lipinski definition) is 1. The normalized spacial score (nSPS) is 26.7. The van der Waals surface area contributed by atoms with Crippen LogP contribution in [0.15, 0.2) is 12.7 Å². The molecule has 0 atom stereocenters. The topological polar surface area (TPSA) is 42.7 Å². The lowest BCUT2D eigenvalue weighted by Gasteiger charge is -2.54. The average Bonchev–Trinajstić information content (AvgIpc) is 2.32. The van der Waals surface area contributed by atoms with Gasteiger partial charge >= 0.3 is 0 Å². The molecule has 4 nitrogen and oxygen atoms in total. The van der Waals surface area contributed by atoms with E-state index in [1.54, 1.807) is 6.33 Å². The third-order valence-electron chi connectivity index (χ3n) is 3.15. The maximum Gasteiger partial charge on any atom is 0.137 e. The van der Waals surface area contributed by atoms with Gasteiger partial charge in [-0.25, -0.2) is 9.67 Å². The van der Waals surface area contributed by atoms with Crippen molar-refractivity contribution in [3.05, 3.63) is 12.7 Å². The molecule has 0 amide bonds. The Morgan fingerprint density at radius 2 is 2.25 bits per heavy atom. The minimum Gasteiger partial charge on any atom is -0.316 e. The van der Waals surface area contributed by atoms with Crippen LogP contribution in [-0.4, -0.2) is 27.9 Å². The fraction of sp³-hybridized carbons (Fsp3) is 0.750. The maximum atomic E-state index is 4.15. The summed E-state index contributed by atoms with van der Waals surface area (Å²) in [4.78, 5) is 3.95. The second kappa shape index (κ2) is 2.07. The van der Waals surface area contributed by atoms with Crippen LogP contribution in [0.3, 0.4) is 0 Å². The van der Waals surface area contributed by atoms with Gasteiger partial charge in [-0.2, -0.15) is 5.10 Å². The van der Waals surface area contributed by atoms with Crippen LogP contribution in [0.25, 0.3) is 0 Å². The SMILES string of the molecule is c1ncn(C2CC3(CNC3)C2)n1. The van der Waals surface area contributed by atoms with Crippen molar-refractivity contribution in [2.24, 2.45) is 5.41 Å². The van der Waals surface area contributed by atoms with Crippen LogP contribution in [0, 0.1) is 5.41 Å². The molecule has 2 aliphatic rings. The summed E-state index contributed by atoms with van der Waals surface area (Å²) in [6.45, 7) is 2.41. The van der Waals surface area contributed by atoms with Crippen molar-refractivity contribution in [2.75, 3.05) is 13.1 Å². The van der Waals surface area contributed by atoms with Gasteiger partial charge in [0.25, 0.3) is 0 Å². The van der Waals surface area contributed by atoms with Gasteiger partial charge in [0.2, 0.25) is 0 Å². The summed E-state index contributed by atoms with van der Waals surface area (Å²) in [5.74, 6) is 0. The van der Waals surface area contributed by atoms with E-state index < -0.39 is 0 Å². The molecular formula is C8H12N4. The van der Waals surface area contributed by atoms with E-state index in [1.165, 1.54) is 25.9 Å². The molecule has 12 heavy (non-hydrogen) atoms. The molecule has 1 N–H and O–H groups in total. The van der Waals surface area contributed by atoms with Crippen molar-refractivity contribution in [3.8, 4) is 0 Å². The fourth-order valence-corrected chi connectivity index (χ4v) is 2.30. The Labute approximate surface area is 71.0 Å². The molecule has 1 aliphatic carbocycles. The highest BCUT2D eigenvalue weighted by molar-refractivity contribution is 5.04. The molecule has 1 aromatic rings. The first-order valence-corrected chi connectivity index (χ1v) is 4.43. The number of nitrogens with one attached hydrogen (secondary N) is 1. The molecule has 0 bridgehead atoms. The Kier molecular flexibility index (Phi) is 1.14. The van der Waals surface area contributed by atoms with Crippen molar-refractivity contribution in [1.29, 1.82) is 0 Å². The number of aromatic nitrogens is 3. The largest absolute Gasteiger partial charge is 0.316 e. The number of rotatable bonds is 1. The lowest BCUT2D eigenvalue weighted by Crippen LogP contribution is -2.60. The summed E-state index contributed by atoms with van der Waals surface area (Å²) in [6.07, 6.45) is 6.00. The number of nitrogens with zero attached hydrogens (tertiary/aromatic N) is 3. The van der Waals surface area contributed by atoms with Crippen molar-refractivity contribution >= 4 is 0 Å². The first kappa shape index (κ1) is 6.60. The van der Waals surface area contributed by atoms with Crippen molar-refractivity contribution in [3.63, 3.8) is 0 Å². The Hall–Kier alpha value is -0.900. The molecule has 1 saturated heterocycles. The predicted octanol–water partition coefficient (Wildman–Crippen LogP) is 0.203. The second-order valence-electron chi connectivity index (χ2n) is 4.04. The van der Waals surface area contributed by atoms with Crippen LogP contribution in [0.5, 0.6) is 0 Å². The molecule has 0 unspecified atom stereocenters. The minimum absolute atomic E-state index is 0.620. The van der Waals surface area contributed by atoms with Crippen LogP contribution >= 0.6 is 0 Å². The molecule has 0 radical (unpaired) electrons. The smallest absolute Gasteiger partial charge is 0.137 e. The van der Waals surface area contributed by atoms with Crippen molar-refractivity contribution in [1.82, 2.24) is 20.1 Å². The third-order valence-corrected chi connectivity index (χ3v) is 3.15. The van der Waals surface area contributed by atoms with E-state index >= 15 is 0 Å². The van der Waals surface area contributed by atoms with Gasteiger partial charge in [-0.05, 0) is 18.3 Å². The molecule has 1 aromatic heterocycles. The first-order chi connectivity index (χ1) is 5.88. The van der Waals surface area contributed by atoms with E-state index in [4.69, 9.17) is 0 Å². The lowest BCUT2D eigenvalue weighted by atomic mass is 9.62. The highest BCUT2D eigenvalue weighted by Gasteiger charge is 2.49. The second-order valence-corrected chi connectivity index (χ2v) is 4.04. The van der Waals surface area contributed by atoms with Gasteiger partial charge in [-0.1, -0.05) is 0 Å². The summed E-state index contributed by atoms with van der Waals surface area (Å²) in [6, 6.07) is 0.620. The zero-order valence-corrected chi connectivity index (χ0v) is 6.90. The van der Waals surface area contributed by atoms with Gasteiger partial charge in [0.05, 0.1) is 6.04 Å². The highest BCUT2D eigenvalue weighted by Crippen LogP contribution is 2.50. The van der Waals surface area contributed by atoms with E-state index in [0.29, 0.717) is 11.5 Å². The molecule has 0 aromatic carbocycles. The Morgan fingerprint density at radius 1 is 1.42 bits per heavy atom. The Morgan fingerprint density at radius 3 is 2.75 bits per heavy atom. The number of hydrogen-bond acceptors (Lipinski definition) is 3. The lowest BCUT2D eigenvalue weighted by molar-refractivity contribution is 0.00221. The van der Waals surface area contributed by atoms with Crippen LogP contribution in [0.4, 0.5) is 0 Å². The van der Waals surface area contributed by atoms with Gasteiger partial charge in [0.1, 0.15) is 12.7 Å². The zero-order valence-electron chi connectivity index (χ0n) is 6.90. The highest BCUT2D eigenvalue weighted by atomic mass is 15.3. The van der Waals surface area contributed by atoms with E-state index in [-0.39, 0.29) is 0 Å². The standard InChI is InChI=1S/C8H12N4/c1-7(12-6-10-5-11-12)2-8(1)3-9-4-8/h5-7,9H,1-4H2. The van der Waals surface area contributed by atoms with E-state index in [0.717, 1.165) is 0 Å². The summed E-state index contributed by atoms with van der Waals surface area (Å²) in [7, 11) is 0. The van der Waals surface area contributed by atoms with Crippen molar-refractivity contribution in [2.45, 2.75) is 18.9 Å². The quantitative estimate of drug-likeness (QED) is 0.645. The Balaban J connectivity index is 1.69. The van der Waals surface area contributed by atoms with Crippen LogP contribution < -0.4 is 5.32 Å². The predicted molar refractivity (Wildman–Crippen MR) is 43.6 cm³/mol. The zero-order chi connectivity index (χ0) is 8.02. The summed E-state index contributed by atoms with van der Waals surface area (Å²) in [5.41, 5.74) is 0.636. The molecule has 1 aliphatic heterocycles. The molecular weight excluding hydrogens is 152 g/mol. The molecule has 4 heteroatoms. The summed E-state index contributed by atoms with van der Waals surface area (Å²) in [5, 5.41) is 7.47. The first-order valence-electron chi connectivity index (χ1n) is 4.43. The van der Waals surface area contributed by atoms with E-state index in [9.17, 15) is 0 Å². The third kappa shape index (κ3) is 0.756. The average molecular weight is 164 g/mol. The fourth-order valence-electron chi connectivity index (χ4n) is 2.30. The molecule has 2 heterocycles. The van der Waals surface area contributed by atoms with E-state index in [1.807, 2.05) is 11.0 Å².